The summed E-state index contributed by atoms with van der Waals surface area (Å²) in [6.07, 6.45) is 0. The Balaban J connectivity index is 2.12. The molecule has 0 fully saturated rings. The molecule has 0 radical (unpaired) electrons. The number of benzene rings is 1. The topological polar surface area (TPSA) is 43.8 Å². The van der Waals surface area contributed by atoms with E-state index in [1.165, 1.54) is 4.90 Å². The van der Waals surface area contributed by atoms with E-state index in [2.05, 4.69) is 12.0 Å². The average molecular weight is 282 g/mol. The van der Waals surface area contributed by atoms with Crippen molar-refractivity contribution in [2.45, 2.75) is 31.0 Å². The molecule has 0 unspecified atom stereocenters. The molecule has 0 aliphatic carbocycles. The molecule has 0 saturated heterocycles. The summed E-state index contributed by atoms with van der Waals surface area (Å²) in [5.74, 6) is 0.817. The van der Waals surface area contributed by atoms with E-state index in [1.807, 2.05) is 35.9 Å². The molecule has 0 amide bonds. The first-order valence-electron chi connectivity index (χ1n) is 5.82. The minimum Gasteiger partial charge on any atom is -0.399 e. The van der Waals surface area contributed by atoms with Gasteiger partial charge in [0.2, 0.25) is 0 Å². The summed E-state index contributed by atoms with van der Waals surface area (Å²) < 4.78 is 1.96. The quantitative estimate of drug-likeness (QED) is 0.686. The average Bonchev–Trinajstić information content (AvgIpc) is 2.65. The number of hydrogen-bond acceptors (Lipinski definition) is 3. The first-order chi connectivity index (χ1) is 8.61. The van der Waals surface area contributed by atoms with Crippen molar-refractivity contribution in [3.05, 3.63) is 40.7 Å². The molecule has 0 atom stereocenters. The Labute approximate surface area is 116 Å². The first-order valence-corrected chi connectivity index (χ1v) is 7.18. The molecule has 1 heterocycles. The standard InChI is InChI=1S/C13H16ClN3S/c1-3-17-12(13(14)9(2)16-17)8-18-11-6-4-10(15)5-7-11/h4-7H,3,8,15H2,1-2H3. The highest BCUT2D eigenvalue weighted by Gasteiger charge is 2.12. The summed E-state index contributed by atoms with van der Waals surface area (Å²) in [5.41, 5.74) is 8.42. The summed E-state index contributed by atoms with van der Waals surface area (Å²) in [6, 6.07) is 7.86. The third kappa shape index (κ3) is 2.82. The molecule has 0 saturated carbocycles. The zero-order valence-corrected chi connectivity index (χ0v) is 12.1. The molecule has 3 nitrogen and oxygen atoms in total. The van der Waals surface area contributed by atoms with Gasteiger partial charge >= 0.3 is 0 Å². The van der Waals surface area contributed by atoms with Crippen LogP contribution in [0.2, 0.25) is 5.02 Å². The molecule has 2 N–H and O–H groups in total. The fourth-order valence-electron chi connectivity index (χ4n) is 1.72. The van der Waals surface area contributed by atoms with Crippen LogP contribution in [0.15, 0.2) is 29.2 Å². The largest absolute Gasteiger partial charge is 0.399 e. The zero-order chi connectivity index (χ0) is 13.1. The smallest absolute Gasteiger partial charge is 0.0855 e. The van der Waals surface area contributed by atoms with Crippen LogP contribution in [0.3, 0.4) is 0 Å². The Kier molecular flexibility index (Phi) is 4.19. The van der Waals surface area contributed by atoms with Gasteiger partial charge in [-0.25, -0.2) is 0 Å². The van der Waals surface area contributed by atoms with Gasteiger partial charge in [0.05, 0.1) is 16.4 Å². The third-order valence-corrected chi connectivity index (χ3v) is 4.22. The van der Waals surface area contributed by atoms with Gasteiger partial charge < -0.3 is 5.73 Å². The lowest BCUT2D eigenvalue weighted by Gasteiger charge is -2.05. The van der Waals surface area contributed by atoms with E-state index in [1.54, 1.807) is 11.8 Å². The lowest BCUT2D eigenvalue weighted by Crippen LogP contribution is -2.01. The Morgan fingerprint density at radius 3 is 2.61 bits per heavy atom. The second-order valence-corrected chi connectivity index (χ2v) is 5.45. The molecule has 96 valence electrons. The molecule has 2 rings (SSSR count). The molecule has 1 aromatic carbocycles. The minimum atomic E-state index is 0.778. The van der Waals surface area contributed by atoms with Gasteiger partial charge in [0, 0.05) is 22.9 Å². The highest BCUT2D eigenvalue weighted by Crippen LogP contribution is 2.28. The molecule has 0 bridgehead atoms. The van der Waals surface area contributed by atoms with E-state index in [-0.39, 0.29) is 0 Å². The summed E-state index contributed by atoms with van der Waals surface area (Å²) in [7, 11) is 0. The maximum atomic E-state index is 6.27. The Morgan fingerprint density at radius 1 is 1.33 bits per heavy atom. The summed E-state index contributed by atoms with van der Waals surface area (Å²) in [4.78, 5) is 1.18. The van der Waals surface area contributed by atoms with E-state index in [0.29, 0.717) is 0 Å². The van der Waals surface area contributed by atoms with Gasteiger partial charge in [-0.15, -0.1) is 11.8 Å². The molecule has 18 heavy (non-hydrogen) atoms. The van der Waals surface area contributed by atoms with Crippen molar-refractivity contribution in [1.82, 2.24) is 9.78 Å². The molecular formula is C13H16ClN3S. The van der Waals surface area contributed by atoms with E-state index < -0.39 is 0 Å². The van der Waals surface area contributed by atoms with Crippen molar-refractivity contribution < 1.29 is 0 Å². The highest BCUT2D eigenvalue weighted by molar-refractivity contribution is 7.98. The Morgan fingerprint density at radius 2 is 2.00 bits per heavy atom. The van der Waals surface area contributed by atoms with Crippen molar-refractivity contribution in [2.24, 2.45) is 0 Å². The molecule has 5 heteroatoms. The van der Waals surface area contributed by atoms with Gasteiger partial charge in [0.15, 0.2) is 0 Å². The number of rotatable bonds is 4. The van der Waals surface area contributed by atoms with Crippen LogP contribution in [0.1, 0.15) is 18.3 Å². The van der Waals surface area contributed by atoms with Crippen LogP contribution in [0.25, 0.3) is 0 Å². The van der Waals surface area contributed by atoms with Crippen LogP contribution in [-0.4, -0.2) is 9.78 Å². The monoisotopic (exact) mass is 281 g/mol. The number of halogens is 1. The van der Waals surface area contributed by atoms with Crippen molar-refractivity contribution in [3.63, 3.8) is 0 Å². The Bertz CT molecular complexity index is 534. The second-order valence-electron chi connectivity index (χ2n) is 4.02. The van der Waals surface area contributed by atoms with Gasteiger partial charge in [-0.05, 0) is 38.1 Å². The molecule has 1 aromatic heterocycles. The van der Waals surface area contributed by atoms with Crippen LogP contribution >= 0.6 is 23.4 Å². The van der Waals surface area contributed by atoms with Crippen LogP contribution in [0, 0.1) is 6.92 Å². The van der Waals surface area contributed by atoms with Crippen LogP contribution < -0.4 is 5.73 Å². The van der Waals surface area contributed by atoms with E-state index in [4.69, 9.17) is 17.3 Å². The third-order valence-electron chi connectivity index (χ3n) is 2.71. The Hall–Kier alpha value is -1.13. The van der Waals surface area contributed by atoms with E-state index in [9.17, 15) is 0 Å². The predicted octanol–water partition coefficient (Wildman–Crippen LogP) is 3.74. The van der Waals surface area contributed by atoms with Gasteiger partial charge in [-0.1, -0.05) is 11.6 Å². The fraction of sp³-hybridized carbons (Fsp3) is 0.308. The molecule has 2 aromatic rings. The number of nitrogen functional groups attached to an aromatic ring is 1. The zero-order valence-electron chi connectivity index (χ0n) is 10.5. The van der Waals surface area contributed by atoms with E-state index >= 15 is 0 Å². The first kappa shape index (κ1) is 13.3. The van der Waals surface area contributed by atoms with E-state index in [0.717, 1.165) is 34.4 Å². The SMILES string of the molecule is CCn1nc(C)c(Cl)c1CSc1ccc(N)cc1. The molecule has 0 aliphatic heterocycles. The van der Waals surface area contributed by atoms with Crippen LogP contribution in [0.5, 0.6) is 0 Å². The lowest BCUT2D eigenvalue weighted by molar-refractivity contribution is 0.632. The molecule has 0 aliphatic rings. The number of hydrogen-bond donors (Lipinski definition) is 1. The summed E-state index contributed by atoms with van der Waals surface area (Å²) >= 11 is 8.01. The lowest BCUT2D eigenvalue weighted by atomic mass is 10.3. The van der Waals surface area contributed by atoms with Crippen molar-refractivity contribution in [1.29, 1.82) is 0 Å². The van der Waals surface area contributed by atoms with Crippen LogP contribution in [-0.2, 0) is 12.3 Å². The molecule has 0 spiro atoms. The van der Waals surface area contributed by atoms with Crippen molar-refractivity contribution in [3.8, 4) is 0 Å². The number of anilines is 1. The number of nitrogens with zero attached hydrogens (tertiary/aromatic N) is 2. The summed E-state index contributed by atoms with van der Waals surface area (Å²) in [6.45, 7) is 4.84. The maximum Gasteiger partial charge on any atom is 0.0855 e. The maximum absolute atomic E-state index is 6.27. The predicted molar refractivity (Wildman–Crippen MR) is 78.1 cm³/mol. The minimum absolute atomic E-state index is 0.778. The number of thioether (sulfide) groups is 1. The normalized spacial score (nSPS) is 10.8. The highest BCUT2D eigenvalue weighted by atomic mass is 35.5. The number of aromatic nitrogens is 2. The fourth-order valence-corrected chi connectivity index (χ4v) is 2.93. The van der Waals surface area contributed by atoms with Crippen LogP contribution in [0.4, 0.5) is 5.69 Å². The van der Waals surface area contributed by atoms with Gasteiger partial charge in [-0.2, -0.15) is 5.10 Å². The number of nitrogens with two attached hydrogens (primary N) is 1. The van der Waals surface area contributed by atoms with Gasteiger partial charge in [-0.3, -0.25) is 4.68 Å². The summed E-state index contributed by atoms with van der Waals surface area (Å²) in [5, 5.41) is 5.18. The van der Waals surface area contributed by atoms with Gasteiger partial charge in [0.1, 0.15) is 0 Å². The van der Waals surface area contributed by atoms with Crippen molar-refractivity contribution >= 4 is 29.1 Å². The molecular weight excluding hydrogens is 266 g/mol. The second kappa shape index (κ2) is 5.67. The number of aryl methyl sites for hydroxylation is 2. The van der Waals surface area contributed by atoms with Crippen molar-refractivity contribution in [2.75, 3.05) is 5.73 Å². The van der Waals surface area contributed by atoms with Gasteiger partial charge in [0.25, 0.3) is 0 Å².